The maximum absolute atomic E-state index is 3.55. The van der Waals surface area contributed by atoms with Gasteiger partial charge in [0.25, 0.3) is 0 Å². The van der Waals surface area contributed by atoms with Gasteiger partial charge in [-0.3, -0.25) is 4.90 Å². The van der Waals surface area contributed by atoms with Crippen LogP contribution in [0.3, 0.4) is 0 Å². The van der Waals surface area contributed by atoms with Gasteiger partial charge in [-0.2, -0.15) is 0 Å². The molecule has 0 radical (unpaired) electrons. The number of hydrogen-bond acceptors (Lipinski definition) is 2. The molecule has 1 heterocycles. The van der Waals surface area contributed by atoms with Gasteiger partial charge in [0.15, 0.2) is 0 Å². The van der Waals surface area contributed by atoms with Crippen molar-refractivity contribution in [1.82, 2.24) is 10.2 Å². The lowest BCUT2D eigenvalue weighted by atomic mass is 9.95. The van der Waals surface area contributed by atoms with E-state index in [4.69, 9.17) is 0 Å². The molecule has 2 atom stereocenters. The summed E-state index contributed by atoms with van der Waals surface area (Å²) >= 11 is 0. The van der Waals surface area contributed by atoms with Crippen LogP contribution in [0.1, 0.15) is 38.3 Å². The zero-order valence-electron chi connectivity index (χ0n) is 12.7. The number of nitrogens with zero attached hydrogens (tertiary/aromatic N) is 1. The average molecular weight is 260 g/mol. The third kappa shape index (κ3) is 3.80. The van der Waals surface area contributed by atoms with Gasteiger partial charge in [-0.15, -0.1) is 0 Å². The fourth-order valence-electron chi connectivity index (χ4n) is 2.90. The maximum Gasteiger partial charge on any atom is 0.0239 e. The SMILES string of the molecule is CCCNCC(C)C(C)N1CCc2ccccc2C1. The molecule has 0 spiro atoms. The molecule has 0 saturated carbocycles. The molecule has 0 amide bonds. The Morgan fingerprint density at radius 1 is 1.21 bits per heavy atom. The monoisotopic (exact) mass is 260 g/mol. The van der Waals surface area contributed by atoms with E-state index >= 15 is 0 Å². The quantitative estimate of drug-likeness (QED) is 0.791. The second-order valence-electron chi connectivity index (χ2n) is 5.91. The Hall–Kier alpha value is -0.860. The van der Waals surface area contributed by atoms with Gasteiger partial charge >= 0.3 is 0 Å². The van der Waals surface area contributed by atoms with Crippen molar-refractivity contribution >= 4 is 0 Å². The molecule has 1 aliphatic rings. The first-order valence-corrected chi connectivity index (χ1v) is 7.74. The van der Waals surface area contributed by atoms with Gasteiger partial charge in [-0.25, -0.2) is 0 Å². The predicted molar refractivity (Wildman–Crippen MR) is 82.3 cm³/mol. The van der Waals surface area contributed by atoms with Crippen LogP contribution in [0.25, 0.3) is 0 Å². The summed E-state index contributed by atoms with van der Waals surface area (Å²) in [4.78, 5) is 2.64. The molecule has 1 aliphatic heterocycles. The van der Waals surface area contributed by atoms with Crippen molar-refractivity contribution in [2.24, 2.45) is 5.92 Å². The van der Waals surface area contributed by atoms with Crippen LogP contribution in [-0.4, -0.2) is 30.6 Å². The zero-order chi connectivity index (χ0) is 13.7. The molecule has 1 aromatic carbocycles. The number of hydrogen-bond donors (Lipinski definition) is 1. The minimum Gasteiger partial charge on any atom is -0.316 e. The van der Waals surface area contributed by atoms with Crippen molar-refractivity contribution in [1.29, 1.82) is 0 Å². The maximum atomic E-state index is 3.55. The van der Waals surface area contributed by atoms with Crippen molar-refractivity contribution in [3.63, 3.8) is 0 Å². The van der Waals surface area contributed by atoms with Gasteiger partial charge in [0.1, 0.15) is 0 Å². The van der Waals surface area contributed by atoms with E-state index in [2.05, 4.69) is 55.3 Å². The van der Waals surface area contributed by atoms with Crippen molar-refractivity contribution in [2.45, 2.75) is 46.2 Å². The fourth-order valence-corrected chi connectivity index (χ4v) is 2.90. The van der Waals surface area contributed by atoms with Crippen LogP contribution in [0.5, 0.6) is 0 Å². The van der Waals surface area contributed by atoms with E-state index in [1.165, 1.54) is 24.9 Å². The van der Waals surface area contributed by atoms with Gasteiger partial charge in [0, 0.05) is 19.1 Å². The second-order valence-corrected chi connectivity index (χ2v) is 5.91. The minimum atomic E-state index is 0.651. The van der Waals surface area contributed by atoms with Crippen LogP contribution in [0, 0.1) is 5.92 Å². The highest BCUT2D eigenvalue weighted by Gasteiger charge is 2.23. The number of rotatable bonds is 6. The summed E-state index contributed by atoms with van der Waals surface area (Å²) in [6, 6.07) is 9.55. The van der Waals surface area contributed by atoms with Crippen LogP contribution < -0.4 is 5.32 Å². The summed E-state index contributed by atoms with van der Waals surface area (Å²) in [5, 5.41) is 3.55. The fraction of sp³-hybridized carbons (Fsp3) is 0.647. The molecular formula is C17H28N2. The van der Waals surface area contributed by atoms with Crippen LogP contribution in [0.2, 0.25) is 0 Å². The van der Waals surface area contributed by atoms with Crippen LogP contribution in [0.15, 0.2) is 24.3 Å². The van der Waals surface area contributed by atoms with Crippen LogP contribution in [0.4, 0.5) is 0 Å². The minimum absolute atomic E-state index is 0.651. The number of benzene rings is 1. The van der Waals surface area contributed by atoms with Crippen molar-refractivity contribution in [2.75, 3.05) is 19.6 Å². The molecule has 2 rings (SSSR count). The van der Waals surface area contributed by atoms with Gasteiger partial charge in [0.05, 0.1) is 0 Å². The Bertz CT molecular complexity index is 389. The first kappa shape index (κ1) is 14.5. The average Bonchev–Trinajstić information content (AvgIpc) is 2.46. The van der Waals surface area contributed by atoms with E-state index in [1.54, 1.807) is 5.56 Å². The Morgan fingerprint density at radius 3 is 2.68 bits per heavy atom. The van der Waals surface area contributed by atoms with Crippen molar-refractivity contribution < 1.29 is 0 Å². The first-order chi connectivity index (χ1) is 9.22. The molecule has 1 N–H and O–H groups in total. The van der Waals surface area contributed by atoms with E-state index in [-0.39, 0.29) is 0 Å². The summed E-state index contributed by atoms with van der Waals surface area (Å²) in [5.41, 5.74) is 3.07. The third-order valence-corrected chi connectivity index (χ3v) is 4.45. The molecule has 0 bridgehead atoms. The lowest BCUT2D eigenvalue weighted by molar-refractivity contribution is 0.144. The number of nitrogens with one attached hydrogen (secondary N) is 1. The summed E-state index contributed by atoms with van der Waals surface area (Å²) in [6.45, 7) is 11.6. The van der Waals surface area contributed by atoms with Gasteiger partial charge in [-0.1, -0.05) is 38.1 Å². The Morgan fingerprint density at radius 2 is 1.95 bits per heavy atom. The summed E-state index contributed by atoms with van der Waals surface area (Å²) < 4.78 is 0. The predicted octanol–water partition coefficient (Wildman–Crippen LogP) is 3.07. The molecular weight excluding hydrogens is 232 g/mol. The molecule has 2 nitrogen and oxygen atoms in total. The molecule has 0 aromatic heterocycles. The van der Waals surface area contributed by atoms with E-state index < -0.39 is 0 Å². The Labute approximate surface area is 118 Å². The van der Waals surface area contributed by atoms with E-state index in [0.717, 1.165) is 19.6 Å². The molecule has 2 heteroatoms. The molecule has 2 unspecified atom stereocenters. The smallest absolute Gasteiger partial charge is 0.0239 e. The standard InChI is InChI=1S/C17H28N2/c1-4-10-18-12-14(2)15(3)19-11-9-16-7-5-6-8-17(16)13-19/h5-8,14-15,18H,4,9-13H2,1-3H3. The molecule has 0 fully saturated rings. The topological polar surface area (TPSA) is 15.3 Å². The molecule has 106 valence electrons. The highest BCUT2D eigenvalue weighted by atomic mass is 15.2. The van der Waals surface area contributed by atoms with E-state index in [1.807, 2.05) is 0 Å². The van der Waals surface area contributed by atoms with Gasteiger partial charge in [-0.05, 0) is 49.9 Å². The Balaban J connectivity index is 1.89. The highest BCUT2D eigenvalue weighted by molar-refractivity contribution is 5.29. The van der Waals surface area contributed by atoms with E-state index in [0.29, 0.717) is 12.0 Å². The second kappa shape index (κ2) is 7.06. The zero-order valence-corrected chi connectivity index (χ0v) is 12.7. The van der Waals surface area contributed by atoms with Gasteiger partial charge < -0.3 is 5.32 Å². The van der Waals surface area contributed by atoms with Crippen molar-refractivity contribution in [3.05, 3.63) is 35.4 Å². The third-order valence-electron chi connectivity index (χ3n) is 4.45. The highest BCUT2D eigenvalue weighted by Crippen LogP contribution is 2.22. The van der Waals surface area contributed by atoms with Gasteiger partial charge in [0.2, 0.25) is 0 Å². The van der Waals surface area contributed by atoms with Crippen LogP contribution in [-0.2, 0) is 13.0 Å². The molecule has 1 aromatic rings. The molecule has 0 aliphatic carbocycles. The molecule has 19 heavy (non-hydrogen) atoms. The molecule has 0 saturated heterocycles. The summed E-state index contributed by atoms with van der Waals surface area (Å²) in [6.07, 6.45) is 2.42. The van der Waals surface area contributed by atoms with Crippen molar-refractivity contribution in [3.8, 4) is 0 Å². The Kier molecular flexibility index (Phi) is 5.41. The first-order valence-electron chi connectivity index (χ1n) is 7.74. The largest absolute Gasteiger partial charge is 0.316 e. The summed E-state index contributed by atoms with van der Waals surface area (Å²) in [7, 11) is 0. The summed E-state index contributed by atoms with van der Waals surface area (Å²) in [5.74, 6) is 0.705. The van der Waals surface area contributed by atoms with Crippen LogP contribution >= 0.6 is 0 Å². The lowest BCUT2D eigenvalue weighted by Gasteiger charge is -2.37. The van der Waals surface area contributed by atoms with E-state index in [9.17, 15) is 0 Å². The number of fused-ring (bicyclic) bond motifs is 1. The normalized spacial score (nSPS) is 18.9. The lowest BCUT2D eigenvalue weighted by Crippen LogP contribution is -2.43.